The maximum atomic E-state index is 5.85. The second-order valence-corrected chi connectivity index (χ2v) is 5.04. The molecule has 2 aromatic rings. The topological polar surface area (TPSA) is 80.2 Å². The summed E-state index contributed by atoms with van der Waals surface area (Å²) < 4.78 is 4.79. The SMILES string of the molecule is CCN1CCCC(Nc2ccc(N)c3nonc23)C1. The predicted octanol–water partition coefficient (Wildman–Crippen LogP) is 1.70. The summed E-state index contributed by atoms with van der Waals surface area (Å²) in [6, 6.07) is 4.24. The molecule has 3 rings (SSSR count). The van der Waals surface area contributed by atoms with E-state index in [0.29, 0.717) is 22.8 Å². The highest BCUT2D eigenvalue weighted by Crippen LogP contribution is 2.26. The molecule has 19 heavy (non-hydrogen) atoms. The number of likely N-dealkylation sites (N-methyl/N-ethyl adjacent to an activating group) is 1. The third-order valence-corrected chi connectivity index (χ3v) is 3.76. The zero-order valence-electron chi connectivity index (χ0n) is 11.1. The molecule has 0 radical (unpaired) electrons. The van der Waals surface area contributed by atoms with Gasteiger partial charge in [0.15, 0.2) is 11.0 Å². The summed E-state index contributed by atoms with van der Waals surface area (Å²) in [5, 5.41) is 11.3. The van der Waals surface area contributed by atoms with Gasteiger partial charge in [0.05, 0.1) is 11.4 Å². The van der Waals surface area contributed by atoms with Crippen LogP contribution in [0.4, 0.5) is 11.4 Å². The van der Waals surface area contributed by atoms with E-state index >= 15 is 0 Å². The van der Waals surface area contributed by atoms with Crippen LogP contribution in [0, 0.1) is 0 Å². The number of rotatable bonds is 3. The Labute approximate surface area is 111 Å². The minimum Gasteiger partial charge on any atom is -0.397 e. The zero-order valence-corrected chi connectivity index (χ0v) is 11.1. The van der Waals surface area contributed by atoms with Crippen molar-refractivity contribution in [2.24, 2.45) is 0 Å². The van der Waals surface area contributed by atoms with Crippen LogP contribution in [0.3, 0.4) is 0 Å². The van der Waals surface area contributed by atoms with Crippen LogP contribution in [0.1, 0.15) is 19.8 Å². The van der Waals surface area contributed by atoms with Gasteiger partial charge in [-0.2, -0.15) is 0 Å². The van der Waals surface area contributed by atoms with E-state index in [-0.39, 0.29) is 0 Å². The number of benzene rings is 1. The van der Waals surface area contributed by atoms with Crippen LogP contribution >= 0.6 is 0 Å². The molecule has 1 fully saturated rings. The maximum Gasteiger partial charge on any atom is 0.160 e. The molecule has 3 N–H and O–H groups in total. The quantitative estimate of drug-likeness (QED) is 0.819. The monoisotopic (exact) mass is 261 g/mol. The van der Waals surface area contributed by atoms with Gasteiger partial charge < -0.3 is 16.0 Å². The first-order chi connectivity index (χ1) is 9.28. The van der Waals surface area contributed by atoms with Crippen molar-refractivity contribution >= 4 is 22.4 Å². The minimum atomic E-state index is 0.442. The Morgan fingerprint density at radius 1 is 1.42 bits per heavy atom. The number of anilines is 2. The molecule has 0 saturated carbocycles. The predicted molar refractivity (Wildman–Crippen MR) is 75.0 cm³/mol. The summed E-state index contributed by atoms with van der Waals surface area (Å²) in [6.45, 7) is 5.55. The Morgan fingerprint density at radius 2 is 2.26 bits per heavy atom. The van der Waals surface area contributed by atoms with E-state index in [9.17, 15) is 0 Å². The van der Waals surface area contributed by atoms with Crippen LogP contribution in [-0.2, 0) is 0 Å². The molecule has 1 aromatic carbocycles. The highest BCUT2D eigenvalue weighted by Gasteiger charge is 2.20. The van der Waals surface area contributed by atoms with Crippen molar-refractivity contribution in [1.82, 2.24) is 15.2 Å². The normalized spacial score (nSPS) is 20.8. The van der Waals surface area contributed by atoms with Crippen molar-refractivity contribution < 1.29 is 4.63 Å². The largest absolute Gasteiger partial charge is 0.397 e. The van der Waals surface area contributed by atoms with E-state index in [2.05, 4.69) is 27.5 Å². The van der Waals surface area contributed by atoms with E-state index in [1.54, 1.807) is 0 Å². The molecule has 1 atom stereocenters. The summed E-state index contributed by atoms with van der Waals surface area (Å²) in [5.74, 6) is 0. The Balaban J connectivity index is 1.81. The lowest BCUT2D eigenvalue weighted by Crippen LogP contribution is -2.41. The number of nitrogens with zero attached hydrogens (tertiary/aromatic N) is 3. The summed E-state index contributed by atoms with van der Waals surface area (Å²) in [4.78, 5) is 2.46. The highest BCUT2D eigenvalue weighted by molar-refractivity contribution is 5.95. The number of nitrogen functional groups attached to an aromatic ring is 1. The van der Waals surface area contributed by atoms with Crippen LogP contribution in [0.5, 0.6) is 0 Å². The third kappa shape index (κ3) is 2.35. The number of hydrogen-bond donors (Lipinski definition) is 2. The van der Waals surface area contributed by atoms with E-state index < -0.39 is 0 Å². The maximum absolute atomic E-state index is 5.85. The van der Waals surface area contributed by atoms with E-state index in [1.165, 1.54) is 19.4 Å². The average molecular weight is 261 g/mol. The summed E-state index contributed by atoms with van der Waals surface area (Å²) in [6.07, 6.45) is 2.40. The Morgan fingerprint density at radius 3 is 3.11 bits per heavy atom. The van der Waals surface area contributed by atoms with Gasteiger partial charge in [-0.05, 0) is 48.4 Å². The number of nitrogens with two attached hydrogens (primary N) is 1. The number of aromatic nitrogens is 2. The second-order valence-electron chi connectivity index (χ2n) is 5.04. The van der Waals surface area contributed by atoms with Crippen molar-refractivity contribution in [3.05, 3.63) is 12.1 Å². The zero-order chi connectivity index (χ0) is 13.2. The second kappa shape index (κ2) is 5.05. The molecule has 102 valence electrons. The fourth-order valence-electron chi connectivity index (χ4n) is 2.68. The van der Waals surface area contributed by atoms with Gasteiger partial charge in [0.2, 0.25) is 0 Å². The summed E-state index contributed by atoms with van der Waals surface area (Å²) in [5.41, 5.74) is 8.75. The number of fused-ring (bicyclic) bond motifs is 1. The first-order valence-corrected chi connectivity index (χ1v) is 6.77. The molecule has 1 saturated heterocycles. The van der Waals surface area contributed by atoms with Crippen molar-refractivity contribution in [3.63, 3.8) is 0 Å². The smallest absolute Gasteiger partial charge is 0.160 e. The molecule has 1 aromatic heterocycles. The van der Waals surface area contributed by atoms with Gasteiger partial charge in [-0.3, -0.25) is 0 Å². The van der Waals surface area contributed by atoms with Crippen molar-refractivity contribution in [2.75, 3.05) is 30.7 Å². The Hall–Kier alpha value is -1.82. The molecule has 6 nitrogen and oxygen atoms in total. The van der Waals surface area contributed by atoms with Crippen LogP contribution in [-0.4, -0.2) is 40.9 Å². The Bertz CT molecular complexity index is 567. The van der Waals surface area contributed by atoms with Crippen molar-refractivity contribution in [2.45, 2.75) is 25.8 Å². The van der Waals surface area contributed by atoms with Crippen LogP contribution < -0.4 is 11.1 Å². The summed E-state index contributed by atoms with van der Waals surface area (Å²) >= 11 is 0. The van der Waals surface area contributed by atoms with Gasteiger partial charge >= 0.3 is 0 Å². The molecule has 2 heterocycles. The molecule has 6 heteroatoms. The summed E-state index contributed by atoms with van der Waals surface area (Å²) in [7, 11) is 0. The first kappa shape index (κ1) is 12.2. The fraction of sp³-hybridized carbons (Fsp3) is 0.538. The fourth-order valence-corrected chi connectivity index (χ4v) is 2.68. The van der Waals surface area contributed by atoms with Crippen LogP contribution in [0.15, 0.2) is 16.8 Å². The molecule has 0 aliphatic carbocycles. The van der Waals surface area contributed by atoms with Gasteiger partial charge in [0, 0.05) is 12.6 Å². The lowest BCUT2D eigenvalue weighted by atomic mass is 10.1. The van der Waals surface area contributed by atoms with E-state index in [4.69, 9.17) is 10.4 Å². The van der Waals surface area contributed by atoms with Gasteiger partial charge in [0.25, 0.3) is 0 Å². The number of nitrogens with one attached hydrogen (secondary N) is 1. The molecular formula is C13H19N5O. The van der Waals surface area contributed by atoms with Gasteiger partial charge in [-0.1, -0.05) is 6.92 Å². The molecule has 0 spiro atoms. The van der Waals surface area contributed by atoms with E-state index in [0.717, 1.165) is 18.8 Å². The van der Waals surface area contributed by atoms with Gasteiger partial charge in [0.1, 0.15) is 0 Å². The standard InChI is InChI=1S/C13H19N5O/c1-2-18-7-3-4-9(8-18)15-11-6-5-10(14)12-13(11)17-19-16-12/h5-6,9,15H,2-4,7-8,14H2,1H3. The Kier molecular flexibility index (Phi) is 3.25. The van der Waals surface area contributed by atoms with Crippen molar-refractivity contribution in [3.8, 4) is 0 Å². The highest BCUT2D eigenvalue weighted by atomic mass is 16.6. The minimum absolute atomic E-state index is 0.442. The molecule has 1 aliphatic heterocycles. The molecule has 1 aliphatic rings. The van der Waals surface area contributed by atoms with Gasteiger partial charge in [-0.15, -0.1) is 0 Å². The number of hydrogen-bond acceptors (Lipinski definition) is 6. The van der Waals surface area contributed by atoms with Crippen molar-refractivity contribution in [1.29, 1.82) is 0 Å². The van der Waals surface area contributed by atoms with Gasteiger partial charge in [-0.25, -0.2) is 4.63 Å². The molecule has 0 amide bonds. The lowest BCUT2D eigenvalue weighted by Gasteiger charge is -2.32. The lowest BCUT2D eigenvalue weighted by molar-refractivity contribution is 0.227. The van der Waals surface area contributed by atoms with E-state index in [1.807, 2.05) is 12.1 Å². The molecule has 1 unspecified atom stereocenters. The average Bonchev–Trinajstić information content (AvgIpc) is 2.93. The van der Waals surface area contributed by atoms with Crippen LogP contribution in [0.25, 0.3) is 11.0 Å². The number of piperidine rings is 1. The van der Waals surface area contributed by atoms with Crippen LogP contribution in [0.2, 0.25) is 0 Å². The molecule has 0 bridgehead atoms. The third-order valence-electron chi connectivity index (χ3n) is 3.76. The first-order valence-electron chi connectivity index (χ1n) is 6.77. The molecular weight excluding hydrogens is 242 g/mol. The number of likely N-dealkylation sites (tertiary alicyclic amines) is 1.